The monoisotopic (exact) mass is 187 g/mol. The standard InChI is InChI=1S/C12H16.CHN/c1-3-7-11(8-4-1)12-9-5-2-6-10-12;1-2/h1,3-4,7-8,12H,2,5-6,9-10H2;1H. The first kappa shape index (κ1) is 10.8. The number of nitriles is 1. The zero-order valence-corrected chi connectivity index (χ0v) is 8.52. The normalized spacial score (nSPS) is 16.7. The number of nitrogens with zero attached hydrogens (tertiary/aromatic N) is 1. The second-order valence-corrected chi connectivity index (χ2v) is 3.75. The molecule has 0 atom stereocenters. The third kappa shape index (κ3) is 2.88. The van der Waals surface area contributed by atoms with Crippen LogP contribution < -0.4 is 0 Å². The SMILES string of the molecule is C#N.c1ccc(C2CCCCC2)cc1. The van der Waals surface area contributed by atoms with Crippen molar-refractivity contribution in [1.82, 2.24) is 0 Å². The van der Waals surface area contributed by atoms with Gasteiger partial charge in [-0.3, -0.25) is 0 Å². The molecule has 1 nitrogen and oxygen atoms in total. The maximum atomic E-state index is 6.50. The molecule has 0 aliphatic heterocycles. The van der Waals surface area contributed by atoms with Gasteiger partial charge in [0.25, 0.3) is 0 Å². The first-order chi connectivity index (χ1) is 6.97. The van der Waals surface area contributed by atoms with Crippen LogP contribution in [-0.2, 0) is 0 Å². The lowest BCUT2D eigenvalue weighted by Gasteiger charge is -2.21. The summed E-state index contributed by atoms with van der Waals surface area (Å²) in [6.07, 6.45) is 7.12. The molecule has 1 aromatic carbocycles. The number of hydrogen-bond acceptors (Lipinski definition) is 1. The summed E-state index contributed by atoms with van der Waals surface area (Å²) in [6, 6.07) is 11.0. The molecule has 1 aliphatic carbocycles. The molecule has 2 rings (SSSR count). The van der Waals surface area contributed by atoms with Crippen LogP contribution in [0.15, 0.2) is 30.3 Å². The largest absolute Gasteiger partial charge is 0.202 e. The van der Waals surface area contributed by atoms with Crippen LogP contribution in [0.3, 0.4) is 0 Å². The summed E-state index contributed by atoms with van der Waals surface area (Å²) < 4.78 is 0. The van der Waals surface area contributed by atoms with Crippen molar-refractivity contribution in [1.29, 1.82) is 5.26 Å². The Balaban J connectivity index is 0.000000461. The topological polar surface area (TPSA) is 23.8 Å². The van der Waals surface area contributed by atoms with E-state index in [0.717, 1.165) is 5.92 Å². The van der Waals surface area contributed by atoms with Crippen molar-refractivity contribution >= 4 is 0 Å². The van der Waals surface area contributed by atoms with E-state index >= 15 is 0 Å². The van der Waals surface area contributed by atoms with Gasteiger partial charge in [0.1, 0.15) is 0 Å². The van der Waals surface area contributed by atoms with Gasteiger partial charge in [-0.25, -0.2) is 5.26 Å². The Morgan fingerprint density at radius 1 is 0.929 bits per heavy atom. The van der Waals surface area contributed by atoms with Crippen LogP contribution in [0.4, 0.5) is 0 Å². The highest BCUT2D eigenvalue weighted by molar-refractivity contribution is 5.19. The molecule has 0 unspecified atom stereocenters. The average molecular weight is 187 g/mol. The molecule has 0 amide bonds. The second kappa shape index (κ2) is 6.21. The van der Waals surface area contributed by atoms with Gasteiger partial charge in [0.2, 0.25) is 0 Å². The third-order valence-electron chi connectivity index (χ3n) is 2.88. The zero-order chi connectivity index (χ0) is 10.2. The van der Waals surface area contributed by atoms with Crippen molar-refractivity contribution in [2.24, 2.45) is 0 Å². The molecule has 0 N–H and O–H groups in total. The Hall–Kier alpha value is -1.29. The van der Waals surface area contributed by atoms with Gasteiger partial charge < -0.3 is 0 Å². The predicted octanol–water partition coefficient (Wildman–Crippen LogP) is 3.87. The molecule has 74 valence electrons. The molecule has 0 saturated heterocycles. The summed E-state index contributed by atoms with van der Waals surface area (Å²) in [6.45, 7) is 3.50. The van der Waals surface area contributed by atoms with E-state index in [9.17, 15) is 0 Å². The molecule has 1 saturated carbocycles. The summed E-state index contributed by atoms with van der Waals surface area (Å²) in [5, 5.41) is 6.50. The molecule has 0 spiro atoms. The van der Waals surface area contributed by atoms with E-state index in [1.807, 2.05) is 0 Å². The van der Waals surface area contributed by atoms with Crippen LogP contribution in [0.25, 0.3) is 0 Å². The van der Waals surface area contributed by atoms with Crippen molar-refractivity contribution in [2.45, 2.75) is 38.0 Å². The van der Waals surface area contributed by atoms with E-state index in [4.69, 9.17) is 5.26 Å². The van der Waals surface area contributed by atoms with Crippen LogP contribution in [0.2, 0.25) is 0 Å². The molecule has 1 heteroatoms. The number of rotatable bonds is 1. The fourth-order valence-electron chi connectivity index (χ4n) is 2.16. The van der Waals surface area contributed by atoms with Gasteiger partial charge in [-0.1, -0.05) is 49.6 Å². The van der Waals surface area contributed by atoms with Crippen LogP contribution in [0.5, 0.6) is 0 Å². The maximum absolute atomic E-state index is 6.50. The quantitative estimate of drug-likeness (QED) is 0.654. The molecule has 1 aliphatic rings. The van der Waals surface area contributed by atoms with E-state index in [-0.39, 0.29) is 0 Å². The van der Waals surface area contributed by atoms with Crippen molar-refractivity contribution in [3.05, 3.63) is 35.9 Å². The molecule has 14 heavy (non-hydrogen) atoms. The van der Waals surface area contributed by atoms with Crippen molar-refractivity contribution < 1.29 is 0 Å². The minimum absolute atomic E-state index is 0.861. The summed E-state index contributed by atoms with van der Waals surface area (Å²) in [5.74, 6) is 0.861. The van der Waals surface area contributed by atoms with E-state index < -0.39 is 0 Å². The molecule has 0 heterocycles. The van der Waals surface area contributed by atoms with Gasteiger partial charge in [-0.15, -0.1) is 0 Å². The molecule has 1 aromatic rings. The van der Waals surface area contributed by atoms with Crippen LogP contribution in [0.1, 0.15) is 43.6 Å². The lowest BCUT2D eigenvalue weighted by molar-refractivity contribution is 0.443. The second-order valence-electron chi connectivity index (χ2n) is 3.75. The Kier molecular flexibility index (Phi) is 4.78. The van der Waals surface area contributed by atoms with Crippen molar-refractivity contribution in [3.63, 3.8) is 0 Å². The zero-order valence-electron chi connectivity index (χ0n) is 8.52. The number of benzene rings is 1. The molecule has 1 fully saturated rings. The highest BCUT2D eigenvalue weighted by Gasteiger charge is 2.14. The Labute approximate surface area is 86.4 Å². The third-order valence-corrected chi connectivity index (χ3v) is 2.88. The summed E-state index contributed by atoms with van der Waals surface area (Å²) in [7, 11) is 0. The minimum atomic E-state index is 0.861. The molecular formula is C13H17N. The van der Waals surface area contributed by atoms with Crippen LogP contribution in [-0.4, -0.2) is 0 Å². The van der Waals surface area contributed by atoms with Gasteiger partial charge in [0.05, 0.1) is 0 Å². The fraction of sp³-hybridized carbons (Fsp3) is 0.462. The summed E-state index contributed by atoms with van der Waals surface area (Å²) in [5.41, 5.74) is 1.55. The van der Waals surface area contributed by atoms with E-state index in [1.54, 1.807) is 5.56 Å². The summed E-state index contributed by atoms with van der Waals surface area (Å²) >= 11 is 0. The van der Waals surface area contributed by atoms with Crippen molar-refractivity contribution in [2.75, 3.05) is 0 Å². The Bertz CT molecular complexity index is 257. The Morgan fingerprint density at radius 2 is 1.50 bits per heavy atom. The average Bonchev–Trinajstić information content (AvgIpc) is 2.34. The van der Waals surface area contributed by atoms with Gasteiger partial charge >= 0.3 is 0 Å². The molecule has 0 aromatic heterocycles. The van der Waals surface area contributed by atoms with Crippen LogP contribution >= 0.6 is 0 Å². The first-order valence-corrected chi connectivity index (χ1v) is 5.27. The van der Waals surface area contributed by atoms with Crippen molar-refractivity contribution in [3.8, 4) is 6.57 Å². The Morgan fingerprint density at radius 3 is 2.07 bits per heavy atom. The van der Waals surface area contributed by atoms with E-state index in [1.165, 1.54) is 32.1 Å². The summed E-state index contributed by atoms with van der Waals surface area (Å²) in [4.78, 5) is 0. The smallest absolute Gasteiger partial charge is 0.0462 e. The fourth-order valence-corrected chi connectivity index (χ4v) is 2.16. The minimum Gasteiger partial charge on any atom is -0.202 e. The van der Waals surface area contributed by atoms with E-state index in [0.29, 0.717) is 0 Å². The first-order valence-electron chi connectivity index (χ1n) is 5.27. The molecular weight excluding hydrogens is 170 g/mol. The lowest BCUT2D eigenvalue weighted by atomic mass is 9.84. The van der Waals surface area contributed by atoms with Gasteiger partial charge in [-0.05, 0) is 24.3 Å². The highest BCUT2D eigenvalue weighted by atomic mass is 14.2. The maximum Gasteiger partial charge on any atom is 0.0462 e. The van der Waals surface area contributed by atoms with Crippen LogP contribution in [0, 0.1) is 11.8 Å². The van der Waals surface area contributed by atoms with E-state index in [2.05, 4.69) is 36.9 Å². The molecule has 0 bridgehead atoms. The van der Waals surface area contributed by atoms with Gasteiger partial charge in [0.15, 0.2) is 0 Å². The predicted molar refractivity (Wildman–Crippen MR) is 58.9 cm³/mol. The van der Waals surface area contributed by atoms with Gasteiger partial charge in [-0.2, -0.15) is 0 Å². The lowest BCUT2D eigenvalue weighted by Crippen LogP contribution is -2.03. The molecule has 0 radical (unpaired) electrons. The van der Waals surface area contributed by atoms with Gasteiger partial charge in [0, 0.05) is 6.57 Å². The highest BCUT2D eigenvalue weighted by Crippen LogP contribution is 2.31. The number of hydrogen-bond donors (Lipinski definition) is 0.